The molecule has 0 aliphatic carbocycles. The van der Waals surface area contributed by atoms with Gasteiger partial charge in [0.25, 0.3) is 3.79 Å². The number of aromatic nitrogens is 4. The molecule has 0 fully saturated rings. The summed E-state index contributed by atoms with van der Waals surface area (Å²) in [5.74, 6) is -0.461. The molecule has 0 bridgehead atoms. The Morgan fingerprint density at radius 3 is 2.20 bits per heavy atom. The van der Waals surface area contributed by atoms with Gasteiger partial charge in [-0.1, -0.05) is 44.2 Å². The Balaban J connectivity index is 3.05. The van der Waals surface area contributed by atoms with Gasteiger partial charge in [0, 0.05) is 0 Å². The Bertz CT molecular complexity index is 229. The van der Waals surface area contributed by atoms with Gasteiger partial charge in [-0.15, -0.1) is 5.10 Å². The fourth-order valence-electron chi connectivity index (χ4n) is 0.338. The number of hydrogen-bond donors (Lipinski definition) is 0. The predicted octanol–water partition coefficient (Wildman–Crippen LogP) is 1.23. The molecule has 0 spiro atoms. The third-order valence-corrected chi connectivity index (χ3v) is 1.19. The van der Waals surface area contributed by atoms with Gasteiger partial charge < -0.3 is 0 Å². The molecule has 0 radical (unpaired) electrons. The van der Waals surface area contributed by atoms with Gasteiger partial charge in [0.05, 0.1) is 0 Å². The van der Waals surface area contributed by atoms with Crippen LogP contribution in [0.5, 0.6) is 0 Å². The van der Waals surface area contributed by atoms with E-state index in [0.29, 0.717) is 0 Å². The van der Waals surface area contributed by atoms with E-state index in [1.54, 1.807) is 0 Å². The molecule has 0 saturated heterocycles. The lowest BCUT2D eigenvalue weighted by molar-refractivity contribution is 0.293. The van der Waals surface area contributed by atoms with Crippen LogP contribution >= 0.6 is 34.8 Å². The normalized spacial score (nSPS) is 12.0. The number of hydrogen-bond acceptors (Lipinski definition) is 3. The van der Waals surface area contributed by atoms with Crippen molar-refractivity contribution >= 4 is 34.8 Å². The summed E-state index contributed by atoms with van der Waals surface area (Å²) in [5, 5.41) is 8.86. The number of halogens is 4. The van der Waals surface area contributed by atoms with Crippen molar-refractivity contribution in [1.29, 1.82) is 0 Å². The van der Waals surface area contributed by atoms with Gasteiger partial charge in [-0.2, -0.15) is 0 Å². The van der Waals surface area contributed by atoms with E-state index < -0.39 is 9.62 Å². The smallest absolute Gasteiger partial charge is 0.106 e. The molecular weight excluding hydrogens is 205 g/mol. The van der Waals surface area contributed by atoms with Crippen molar-refractivity contribution in [2.24, 2.45) is 0 Å². The van der Waals surface area contributed by atoms with Gasteiger partial charge in [0.1, 0.15) is 0 Å². The molecule has 0 atom stereocenters. The van der Waals surface area contributed by atoms with Gasteiger partial charge in [-0.05, 0) is 10.4 Å². The van der Waals surface area contributed by atoms with E-state index >= 15 is 0 Å². The van der Waals surface area contributed by atoms with E-state index in [9.17, 15) is 4.48 Å². The average molecular weight is 205 g/mol. The second-order valence-electron chi connectivity index (χ2n) is 1.36. The molecule has 0 unspecified atom stereocenters. The lowest BCUT2D eigenvalue weighted by Gasteiger charge is -2.03. The first kappa shape index (κ1) is 7.97. The molecule has 0 N–H and O–H groups in total. The summed E-state index contributed by atoms with van der Waals surface area (Å²) in [6.07, 6.45) is 0. The first-order valence-corrected chi connectivity index (χ1v) is 3.17. The average Bonchev–Trinajstić information content (AvgIpc) is 2.11. The molecule has 0 aromatic carbocycles. The Hall–Kier alpha value is -0.130. The van der Waals surface area contributed by atoms with Crippen LogP contribution in [0.3, 0.4) is 0 Å². The van der Waals surface area contributed by atoms with Crippen molar-refractivity contribution in [3.05, 3.63) is 5.82 Å². The molecule has 0 saturated carbocycles. The van der Waals surface area contributed by atoms with Gasteiger partial charge >= 0.3 is 0 Å². The molecule has 1 aromatic heterocycles. The van der Waals surface area contributed by atoms with E-state index in [1.807, 2.05) is 0 Å². The highest BCUT2D eigenvalue weighted by Crippen LogP contribution is 2.35. The summed E-state index contributed by atoms with van der Waals surface area (Å²) >= 11 is 15.7. The van der Waals surface area contributed by atoms with E-state index in [-0.39, 0.29) is 4.90 Å². The summed E-state index contributed by atoms with van der Waals surface area (Å²) < 4.78 is 10.4. The van der Waals surface area contributed by atoms with E-state index in [4.69, 9.17) is 34.8 Å². The minimum absolute atomic E-state index is 0.201. The van der Waals surface area contributed by atoms with Gasteiger partial charge in [-0.3, -0.25) is 0 Å². The Labute approximate surface area is 69.8 Å². The minimum atomic E-state index is -1.92. The Kier molecular flexibility index (Phi) is 1.98. The standard InChI is InChI=1S/C2Cl3FN4/c3-2(4,5)1-7-8-9-10(1)6. The van der Waals surface area contributed by atoms with Crippen LogP contribution in [-0.2, 0) is 3.79 Å². The maximum atomic E-state index is 12.3. The zero-order chi connectivity index (χ0) is 7.78. The van der Waals surface area contributed by atoms with E-state index in [0.717, 1.165) is 0 Å². The van der Waals surface area contributed by atoms with Crippen LogP contribution in [0.4, 0.5) is 4.48 Å². The van der Waals surface area contributed by atoms with Crippen molar-refractivity contribution in [2.75, 3.05) is 0 Å². The fraction of sp³-hybridized carbons (Fsp3) is 0.500. The summed E-state index contributed by atoms with van der Waals surface area (Å²) in [4.78, 5) is -0.201. The summed E-state index contributed by atoms with van der Waals surface area (Å²) in [7, 11) is 0. The number of tetrazole rings is 1. The predicted molar refractivity (Wildman–Crippen MR) is 33.6 cm³/mol. The van der Waals surface area contributed by atoms with Crippen molar-refractivity contribution < 1.29 is 4.48 Å². The molecule has 4 nitrogen and oxygen atoms in total. The molecule has 8 heteroatoms. The van der Waals surface area contributed by atoms with Crippen molar-refractivity contribution in [3.63, 3.8) is 0 Å². The lowest BCUT2D eigenvalue weighted by atomic mass is 10.7. The maximum absolute atomic E-state index is 12.3. The zero-order valence-electron chi connectivity index (χ0n) is 4.30. The fourth-order valence-corrected chi connectivity index (χ4v) is 0.661. The molecule has 0 aliphatic heterocycles. The molecular formula is C2Cl3FN4. The number of rotatable bonds is 0. The summed E-state index contributed by atoms with van der Waals surface area (Å²) in [6, 6.07) is 0. The molecule has 10 heavy (non-hydrogen) atoms. The topological polar surface area (TPSA) is 43.6 Å². The largest absolute Gasteiger partial charge is 0.254 e. The van der Waals surface area contributed by atoms with Crippen molar-refractivity contribution in [2.45, 2.75) is 3.79 Å². The maximum Gasteiger partial charge on any atom is 0.254 e. The van der Waals surface area contributed by atoms with Crippen LogP contribution in [0.15, 0.2) is 0 Å². The van der Waals surface area contributed by atoms with Crippen LogP contribution in [0.2, 0.25) is 0 Å². The minimum Gasteiger partial charge on any atom is -0.106 e. The highest BCUT2D eigenvalue weighted by atomic mass is 35.6. The van der Waals surface area contributed by atoms with Crippen LogP contribution in [0.1, 0.15) is 5.82 Å². The third-order valence-electron chi connectivity index (χ3n) is 0.686. The SMILES string of the molecule is Fn1nnnc1C(Cl)(Cl)Cl. The highest BCUT2D eigenvalue weighted by molar-refractivity contribution is 6.66. The second-order valence-corrected chi connectivity index (χ2v) is 3.64. The van der Waals surface area contributed by atoms with Crippen LogP contribution in [0.25, 0.3) is 0 Å². The zero-order valence-corrected chi connectivity index (χ0v) is 6.57. The molecule has 1 heterocycles. The molecule has 1 aromatic rings. The molecule has 0 amide bonds. The van der Waals surface area contributed by atoms with Gasteiger partial charge in [0.15, 0.2) is 0 Å². The van der Waals surface area contributed by atoms with Crippen molar-refractivity contribution in [3.8, 4) is 0 Å². The van der Waals surface area contributed by atoms with Gasteiger partial charge in [0.2, 0.25) is 5.82 Å². The number of alkyl halides is 3. The Morgan fingerprint density at radius 2 is 2.00 bits per heavy atom. The van der Waals surface area contributed by atoms with Crippen LogP contribution in [-0.4, -0.2) is 20.4 Å². The lowest BCUT2D eigenvalue weighted by Crippen LogP contribution is -2.07. The van der Waals surface area contributed by atoms with Crippen molar-refractivity contribution in [1.82, 2.24) is 20.4 Å². The second kappa shape index (κ2) is 2.48. The van der Waals surface area contributed by atoms with Crippen LogP contribution in [0, 0.1) is 0 Å². The quantitative estimate of drug-likeness (QED) is 0.598. The molecule has 1 rings (SSSR count). The third kappa shape index (κ3) is 1.47. The first-order valence-electron chi connectivity index (χ1n) is 2.03. The van der Waals surface area contributed by atoms with Gasteiger partial charge in [-0.25, -0.2) is 0 Å². The van der Waals surface area contributed by atoms with Crippen LogP contribution < -0.4 is 0 Å². The Morgan fingerprint density at radius 1 is 1.40 bits per heavy atom. The molecule has 56 valence electrons. The van der Waals surface area contributed by atoms with E-state index in [2.05, 4.69) is 15.5 Å². The number of nitrogens with zero attached hydrogens (tertiary/aromatic N) is 4. The summed E-state index contributed by atoms with van der Waals surface area (Å²) in [6.45, 7) is 0. The monoisotopic (exact) mass is 204 g/mol. The van der Waals surface area contributed by atoms with E-state index in [1.165, 1.54) is 0 Å². The summed E-state index contributed by atoms with van der Waals surface area (Å²) in [5.41, 5.74) is 0. The first-order chi connectivity index (χ1) is 4.52. The molecule has 0 aliphatic rings. The highest BCUT2D eigenvalue weighted by Gasteiger charge is 2.30.